The molecule has 0 unspecified atom stereocenters. The lowest BCUT2D eigenvalue weighted by Crippen LogP contribution is -2.23. The predicted molar refractivity (Wildman–Crippen MR) is 64.7 cm³/mol. The van der Waals surface area contributed by atoms with E-state index in [2.05, 4.69) is 15.9 Å². The van der Waals surface area contributed by atoms with Crippen LogP contribution in [0, 0.1) is 6.92 Å². The van der Waals surface area contributed by atoms with Gasteiger partial charge >= 0.3 is 0 Å². The first kappa shape index (κ1) is 13.9. The van der Waals surface area contributed by atoms with E-state index >= 15 is 0 Å². The fraction of sp³-hybridized carbons (Fsp3) is 0.400. The minimum atomic E-state index is -0.529. The number of aliphatic hydroxyl groups is 1. The number of aliphatic hydroxyl groups excluding tert-OH is 1. The number of nitrogens with two attached hydrogens (primary N) is 1. The molecule has 14 heavy (non-hydrogen) atoms. The van der Waals surface area contributed by atoms with Gasteiger partial charge in [0.1, 0.15) is 0 Å². The Kier molecular flexibility index (Phi) is 5.67. The fourth-order valence-corrected chi connectivity index (χ4v) is 1.92. The topological polar surface area (TPSA) is 46.2 Å². The second kappa shape index (κ2) is 5.71. The van der Waals surface area contributed by atoms with Gasteiger partial charge in [-0.2, -0.15) is 0 Å². The van der Waals surface area contributed by atoms with Gasteiger partial charge in [0, 0.05) is 4.47 Å². The number of aryl methyl sites for hydroxylation is 1. The van der Waals surface area contributed by atoms with E-state index < -0.39 is 6.10 Å². The van der Waals surface area contributed by atoms with E-state index in [1.165, 1.54) is 5.56 Å². The molecule has 1 rings (SSSR count). The van der Waals surface area contributed by atoms with E-state index in [9.17, 15) is 5.11 Å². The molecule has 0 heterocycles. The first-order valence-corrected chi connectivity index (χ1v) is 5.01. The molecule has 1 aromatic rings. The van der Waals surface area contributed by atoms with E-state index in [4.69, 9.17) is 5.73 Å². The van der Waals surface area contributed by atoms with Crippen LogP contribution in [-0.4, -0.2) is 11.2 Å². The Morgan fingerprint density at radius 1 is 1.43 bits per heavy atom. The molecule has 80 valence electrons. The molecule has 0 aromatic heterocycles. The van der Waals surface area contributed by atoms with Crippen molar-refractivity contribution in [1.29, 1.82) is 0 Å². The van der Waals surface area contributed by atoms with E-state index in [1.54, 1.807) is 6.92 Å². The molecule has 0 saturated heterocycles. The molecule has 4 heteroatoms. The maximum atomic E-state index is 9.32. The fourth-order valence-electron chi connectivity index (χ4n) is 1.16. The highest BCUT2D eigenvalue weighted by molar-refractivity contribution is 9.10. The van der Waals surface area contributed by atoms with Crippen LogP contribution in [0.2, 0.25) is 0 Å². The molecule has 0 aliphatic heterocycles. The predicted octanol–water partition coefficient (Wildman–Crippen LogP) is 2.56. The van der Waals surface area contributed by atoms with Gasteiger partial charge in [-0.15, -0.1) is 12.4 Å². The summed E-state index contributed by atoms with van der Waals surface area (Å²) in [6.07, 6.45) is -0.529. The molecule has 0 bridgehead atoms. The largest absolute Gasteiger partial charge is 0.391 e. The summed E-state index contributed by atoms with van der Waals surface area (Å²) in [5.41, 5.74) is 7.93. The molecular formula is C10H15BrClNO. The van der Waals surface area contributed by atoms with Crippen molar-refractivity contribution in [2.75, 3.05) is 0 Å². The monoisotopic (exact) mass is 279 g/mol. The lowest BCUT2D eigenvalue weighted by atomic mass is 10.0. The van der Waals surface area contributed by atoms with Gasteiger partial charge in [-0.1, -0.05) is 28.1 Å². The quantitative estimate of drug-likeness (QED) is 0.874. The molecule has 1 aromatic carbocycles. The van der Waals surface area contributed by atoms with E-state index in [0.29, 0.717) is 0 Å². The average Bonchev–Trinajstić information content (AvgIpc) is 2.03. The summed E-state index contributed by atoms with van der Waals surface area (Å²) in [6, 6.07) is 5.60. The van der Waals surface area contributed by atoms with Crippen molar-refractivity contribution in [2.24, 2.45) is 5.73 Å². The van der Waals surface area contributed by atoms with E-state index in [0.717, 1.165) is 10.0 Å². The number of halogens is 2. The standard InChI is InChI=1S/C10H14BrNO.ClH/c1-6-3-4-8(9(11)5-6)10(12)7(2)13;/h3-5,7,10,13H,12H2,1-2H3;1H/t7-,10-;/m1./s1. The molecule has 2 nitrogen and oxygen atoms in total. The maximum absolute atomic E-state index is 9.32. The van der Waals surface area contributed by atoms with Crippen molar-refractivity contribution >= 4 is 28.3 Å². The molecule has 0 saturated carbocycles. The normalized spacial score (nSPS) is 14.4. The third-order valence-corrected chi connectivity index (χ3v) is 2.72. The Morgan fingerprint density at radius 2 is 2.00 bits per heavy atom. The summed E-state index contributed by atoms with van der Waals surface area (Å²) in [5, 5.41) is 9.32. The maximum Gasteiger partial charge on any atom is 0.0705 e. The van der Waals surface area contributed by atoms with Crippen LogP contribution >= 0.6 is 28.3 Å². The van der Waals surface area contributed by atoms with Crippen LogP contribution in [0.1, 0.15) is 24.1 Å². The number of hydrogen-bond donors (Lipinski definition) is 2. The highest BCUT2D eigenvalue weighted by Crippen LogP contribution is 2.24. The molecular weight excluding hydrogens is 265 g/mol. The van der Waals surface area contributed by atoms with Crippen molar-refractivity contribution in [3.05, 3.63) is 33.8 Å². The van der Waals surface area contributed by atoms with Crippen molar-refractivity contribution in [1.82, 2.24) is 0 Å². The second-order valence-electron chi connectivity index (χ2n) is 3.29. The average molecular weight is 281 g/mol. The highest BCUT2D eigenvalue weighted by atomic mass is 79.9. The zero-order chi connectivity index (χ0) is 10.0. The minimum absolute atomic E-state index is 0. The highest BCUT2D eigenvalue weighted by Gasteiger charge is 2.14. The summed E-state index contributed by atoms with van der Waals surface area (Å²) in [5.74, 6) is 0. The summed E-state index contributed by atoms with van der Waals surface area (Å²) in [7, 11) is 0. The van der Waals surface area contributed by atoms with Crippen LogP contribution in [0.5, 0.6) is 0 Å². The molecule has 0 aliphatic carbocycles. The Balaban J connectivity index is 0.00000169. The van der Waals surface area contributed by atoms with E-state index in [1.807, 2.05) is 25.1 Å². The van der Waals surface area contributed by atoms with Gasteiger partial charge in [-0.05, 0) is 31.0 Å². The van der Waals surface area contributed by atoms with Gasteiger partial charge in [0.2, 0.25) is 0 Å². The minimum Gasteiger partial charge on any atom is -0.391 e. The Labute approximate surface area is 99.0 Å². The van der Waals surface area contributed by atoms with Gasteiger partial charge < -0.3 is 10.8 Å². The van der Waals surface area contributed by atoms with Crippen LogP contribution in [-0.2, 0) is 0 Å². The first-order valence-electron chi connectivity index (χ1n) is 4.22. The summed E-state index contributed by atoms with van der Waals surface area (Å²) in [4.78, 5) is 0. The molecule has 0 aliphatic rings. The van der Waals surface area contributed by atoms with Crippen molar-refractivity contribution in [3.63, 3.8) is 0 Å². The Hall–Kier alpha value is -0.0900. The van der Waals surface area contributed by atoms with Crippen molar-refractivity contribution in [2.45, 2.75) is 26.0 Å². The van der Waals surface area contributed by atoms with Gasteiger partial charge in [0.15, 0.2) is 0 Å². The summed E-state index contributed by atoms with van der Waals surface area (Å²) >= 11 is 3.42. The smallest absolute Gasteiger partial charge is 0.0705 e. The number of rotatable bonds is 2. The van der Waals surface area contributed by atoms with Crippen LogP contribution in [0.3, 0.4) is 0 Å². The number of benzene rings is 1. The molecule has 2 atom stereocenters. The van der Waals surface area contributed by atoms with Crippen LogP contribution in [0.15, 0.2) is 22.7 Å². The SMILES string of the molecule is Cc1ccc([C@H](N)[C@@H](C)O)c(Br)c1.Cl. The molecule has 3 N–H and O–H groups in total. The van der Waals surface area contributed by atoms with Crippen LogP contribution in [0.4, 0.5) is 0 Å². The molecule has 0 radical (unpaired) electrons. The summed E-state index contributed by atoms with van der Waals surface area (Å²) < 4.78 is 0.959. The zero-order valence-electron chi connectivity index (χ0n) is 8.20. The zero-order valence-corrected chi connectivity index (χ0v) is 10.6. The molecule has 0 amide bonds. The van der Waals surface area contributed by atoms with Gasteiger partial charge in [-0.25, -0.2) is 0 Å². The lowest BCUT2D eigenvalue weighted by molar-refractivity contribution is 0.164. The molecule has 0 fully saturated rings. The van der Waals surface area contributed by atoms with Crippen LogP contribution in [0.25, 0.3) is 0 Å². The van der Waals surface area contributed by atoms with Gasteiger partial charge in [0.05, 0.1) is 12.1 Å². The third kappa shape index (κ3) is 3.24. The Bertz CT molecular complexity index is 304. The van der Waals surface area contributed by atoms with Gasteiger partial charge in [0.25, 0.3) is 0 Å². The first-order chi connectivity index (χ1) is 6.02. The van der Waals surface area contributed by atoms with Crippen molar-refractivity contribution in [3.8, 4) is 0 Å². The van der Waals surface area contributed by atoms with Crippen LogP contribution < -0.4 is 5.73 Å². The second-order valence-corrected chi connectivity index (χ2v) is 4.15. The lowest BCUT2D eigenvalue weighted by Gasteiger charge is -2.16. The van der Waals surface area contributed by atoms with Crippen molar-refractivity contribution < 1.29 is 5.11 Å². The summed E-state index contributed by atoms with van der Waals surface area (Å²) in [6.45, 7) is 3.71. The molecule has 0 spiro atoms. The van der Waals surface area contributed by atoms with E-state index in [-0.39, 0.29) is 18.4 Å². The third-order valence-electron chi connectivity index (χ3n) is 2.03. The Morgan fingerprint density at radius 3 is 2.43 bits per heavy atom. The number of hydrogen-bond acceptors (Lipinski definition) is 2. The van der Waals surface area contributed by atoms with Gasteiger partial charge in [-0.3, -0.25) is 0 Å².